The number of hydrogen-bond donors (Lipinski definition) is 2. The van der Waals surface area contributed by atoms with Crippen LogP contribution in [0.4, 0.5) is 5.69 Å². The van der Waals surface area contributed by atoms with E-state index in [1.54, 1.807) is 6.92 Å². The monoisotopic (exact) mass is 278 g/mol. The maximum Gasteiger partial charge on any atom is 0.253 e. The molecule has 2 atom stereocenters. The quantitative estimate of drug-likeness (QED) is 0.827. The zero-order chi connectivity index (χ0) is 14.4. The minimum absolute atomic E-state index is 0.141. The number of benzene rings is 1. The molecule has 0 aromatic heterocycles. The van der Waals surface area contributed by atoms with E-state index in [1.807, 2.05) is 24.3 Å². The van der Waals surface area contributed by atoms with E-state index in [-0.39, 0.29) is 5.91 Å². The van der Waals surface area contributed by atoms with Crippen LogP contribution in [0.15, 0.2) is 24.3 Å². The van der Waals surface area contributed by atoms with Crippen LogP contribution >= 0.6 is 0 Å². The van der Waals surface area contributed by atoms with Gasteiger partial charge in [0, 0.05) is 24.8 Å². The average Bonchev–Trinajstić information content (AvgIpc) is 2.98. The third kappa shape index (κ3) is 4.30. The van der Waals surface area contributed by atoms with Gasteiger partial charge in [0.15, 0.2) is 0 Å². The molecule has 0 spiro atoms. The van der Waals surface area contributed by atoms with Crippen molar-refractivity contribution in [1.29, 1.82) is 0 Å². The van der Waals surface area contributed by atoms with Gasteiger partial charge in [0.25, 0.3) is 5.91 Å². The lowest BCUT2D eigenvalue weighted by Crippen LogP contribution is -2.29. The Hall–Kier alpha value is -1.43. The molecule has 2 unspecified atom stereocenters. The summed E-state index contributed by atoms with van der Waals surface area (Å²) in [4.78, 5) is 12.0. The Morgan fingerprint density at radius 1 is 1.60 bits per heavy atom. The molecule has 20 heavy (non-hydrogen) atoms. The first-order valence-corrected chi connectivity index (χ1v) is 6.98. The van der Waals surface area contributed by atoms with Crippen LogP contribution in [0.5, 0.6) is 0 Å². The standard InChI is InChI=1S/C15H22N2O3/c1-11(20-10-13-5-6-19-9-13)15(18)17-14-4-2-3-12(7-14)8-16/h2-4,7,11,13H,5-6,8-10,16H2,1H3,(H,17,18). The lowest BCUT2D eigenvalue weighted by Gasteiger charge is -2.16. The van der Waals surface area contributed by atoms with Crippen LogP contribution in [0.1, 0.15) is 18.9 Å². The molecular weight excluding hydrogens is 256 g/mol. The van der Waals surface area contributed by atoms with Gasteiger partial charge < -0.3 is 20.5 Å². The molecule has 3 N–H and O–H groups in total. The van der Waals surface area contributed by atoms with Crippen LogP contribution in [-0.4, -0.2) is 31.8 Å². The first-order chi connectivity index (χ1) is 9.69. The van der Waals surface area contributed by atoms with Crippen LogP contribution < -0.4 is 11.1 Å². The van der Waals surface area contributed by atoms with Crippen molar-refractivity contribution in [3.05, 3.63) is 29.8 Å². The van der Waals surface area contributed by atoms with Crippen molar-refractivity contribution >= 4 is 11.6 Å². The van der Waals surface area contributed by atoms with Crippen molar-refractivity contribution in [2.75, 3.05) is 25.1 Å². The van der Waals surface area contributed by atoms with Crippen molar-refractivity contribution in [2.45, 2.75) is 26.0 Å². The fraction of sp³-hybridized carbons (Fsp3) is 0.533. The van der Waals surface area contributed by atoms with Crippen LogP contribution in [0.25, 0.3) is 0 Å². The lowest BCUT2D eigenvalue weighted by atomic mass is 10.1. The van der Waals surface area contributed by atoms with Crippen LogP contribution in [0, 0.1) is 5.92 Å². The molecule has 1 aromatic rings. The molecule has 5 heteroatoms. The van der Waals surface area contributed by atoms with Gasteiger partial charge >= 0.3 is 0 Å². The maximum absolute atomic E-state index is 12.0. The van der Waals surface area contributed by atoms with E-state index in [9.17, 15) is 4.79 Å². The number of rotatable bonds is 6. The fourth-order valence-electron chi connectivity index (χ4n) is 2.09. The van der Waals surface area contributed by atoms with Crippen molar-refractivity contribution < 1.29 is 14.3 Å². The van der Waals surface area contributed by atoms with Crippen LogP contribution in [-0.2, 0) is 20.8 Å². The summed E-state index contributed by atoms with van der Waals surface area (Å²) in [6.45, 7) is 4.31. The van der Waals surface area contributed by atoms with E-state index < -0.39 is 6.10 Å². The first-order valence-electron chi connectivity index (χ1n) is 6.98. The molecule has 2 rings (SSSR count). The SMILES string of the molecule is CC(OCC1CCOC1)C(=O)Nc1cccc(CN)c1. The second-order valence-electron chi connectivity index (χ2n) is 5.10. The van der Waals surface area contributed by atoms with Gasteiger partial charge in [-0.2, -0.15) is 0 Å². The molecule has 0 bridgehead atoms. The zero-order valence-corrected chi connectivity index (χ0v) is 11.8. The van der Waals surface area contributed by atoms with E-state index in [0.717, 1.165) is 30.9 Å². The van der Waals surface area contributed by atoms with Gasteiger partial charge in [0.2, 0.25) is 0 Å². The van der Waals surface area contributed by atoms with Gasteiger partial charge in [-0.25, -0.2) is 0 Å². The van der Waals surface area contributed by atoms with Gasteiger partial charge in [0.1, 0.15) is 6.10 Å². The van der Waals surface area contributed by atoms with Gasteiger partial charge in [-0.15, -0.1) is 0 Å². The number of amides is 1. The molecule has 0 saturated carbocycles. The predicted octanol–water partition coefficient (Wildman–Crippen LogP) is 1.53. The molecule has 0 aliphatic carbocycles. The zero-order valence-electron chi connectivity index (χ0n) is 11.8. The first kappa shape index (κ1) is 15.0. The predicted molar refractivity (Wildman–Crippen MR) is 77.3 cm³/mol. The number of ether oxygens (including phenoxy) is 2. The third-order valence-corrected chi connectivity index (χ3v) is 3.41. The minimum atomic E-state index is -0.475. The summed E-state index contributed by atoms with van der Waals surface area (Å²) < 4.78 is 10.9. The van der Waals surface area contributed by atoms with Crippen LogP contribution in [0.2, 0.25) is 0 Å². The Morgan fingerprint density at radius 3 is 3.15 bits per heavy atom. The summed E-state index contributed by atoms with van der Waals surface area (Å²) >= 11 is 0. The molecule has 1 aliphatic rings. The van der Waals surface area contributed by atoms with Crippen molar-refractivity contribution in [3.8, 4) is 0 Å². The summed E-state index contributed by atoms with van der Waals surface area (Å²) in [7, 11) is 0. The van der Waals surface area contributed by atoms with E-state index >= 15 is 0 Å². The summed E-state index contributed by atoms with van der Waals surface area (Å²) in [6.07, 6.45) is 0.532. The van der Waals surface area contributed by atoms with Crippen molar-refractivity contribution in [3.63, 3.8) is 0 Å². The second kappa shape index (κ2) is 7.38. The molecule has 1 fully saturated rings. The number of carbonyl (C=O) groups excluding carboxylic acids is 1. The molecule has 1 aromatic carbocycles. The lowest BCUT2D eigenvalue weighted by molar-refractivity contribution is -0.127. The highest BCUT2D eigenvalue weighted by Gasteiger charge is 2.19. The Bertz CT molecular complexity index is 444. The second-order valence-corrected chi connectivity index (χ2v) is 5.10. The van der Waals surface area contributed by atoms with E-state index in [4.69, 9.17) is 15.2 Å². The smallest absolute Gasteiger partial charge is 0.253 e. The highest BCUT2D eigenvalue weighted by atomic mass is 16.5. The number of anilines is 1. The van der Waals surface area contributed by atoms with E-state index in [2.05, 4.69) is 5.32 Å². The molecule has 1 amide bonds. The normalized spacial score (nSPS) is 19.8. The van der Waals surface area contributed by atoms with Gasteiger partial charge in [-0.3, -0.25) is 4.79 Å². The van der Waals surface area contributed by atoms with Gasteiger partial charge in [-0.05, 0) is 31.0 Å². The highest BCUT2D eigenvalue weighted by Crippen LogP contribution is 2.14. The van der Waals surface area contributed by atoms with Gasteiger partial charge in [0.05, 0.1) is 13.2 Å². The maximum atomic E-state index is 12.0. The van der Waals surface area contributed by atoms with Crippen molar-refractivity contribution in [2.24, 2.45) is 11.7 Å². The van der Waals surface area contributed by atoms with E-state index in [0.29, 0.717) is 19.1 Å². The molecule has 1 heterocycles. The average molecular weight is 278 g/mol. The van der Waals surface area contributed by atoms with Crippen LogP contribution in [0.3, 0.4) is 0 Å². The Labute approximate surface area is 119 Å². The molecule has 1 saturated heterocycles. The number of nitrogens with two attached hydrogens (primary N) is 1. The molecule has 0 radical (unpaired) electrons. The fourth-order valence-corrected chi connectivity index (χ4v) is 2.09. The number of hydrogen-bond acceptors (Lipinski definition) is 4. The Morgan fingerprint density at radius 2 is 2.45 bits per heavy atom. The third-order valence-electron chi connectivity index (χ3n) is 3.41. The van der Waals surface area contributed by atoms with Crippen molar-refractivity contribution in [1.82, 2.24) is 0 Å². The topological polar surface area (TPSA) is 73.6 Å². The summed E-state index contributed by atoms with van der Waals surface area (Å²) in [5.74, 6) is 0.268. The van der Waals surface area contributed by atoms with Gasteiger partial charge in [-0.1, -0.05) is 12.1 Å². The summed E-state index contributed by atoms with van der Waals surface area (Å²) in [6, 6.07) is 7.51. The summed E-state index contributed by atoms with van der Waals surface area (Å²) in [5, 5.41) is 2.84. The Balaban J connectivity index is 1.80. The molecule has 1 aliphatic heterocycles. The van der Waals surface area contributed by atoms with E-state index in [1.165, 1.54) is 0 Å². The minimum Gasteiger partial charge on any atom is -0.381 e. The summed E-state index contributed by atoms with van der Waals surface area (Å²) in [5.41, 5.74) is 7.31. The molecule has 5 nitrogen and oxygen atoms in total. The molecule has 110 valence electrons. The molecular formula is C15H22N2O3. The highest BCUT2D eigenvalue weighted by molar-refractivity contribution is 5.93. The largest absolute Gasteiger partial charge is 0.381 e. The number of carbonyl (C=O) groups is 1. The number of nitrogens with one attached hydrogen (secondary N) is 1. The Kier molecular flexibility index (Phi) is 5.52.